The van der Waals surface area contributed by atoms with Crippen LogP contribution in [0.1, 0.15) is 28.3 Å². The maximum Gasteiger partial charge on any atom is 0.233 e. The Hall–Kier alpha value is -3.34. The van der Waals surface area contributed by atoms with Crippen LogP contribution in [0.5, 0.6) is 11.5 Å². The molecule has 0 saturated heterocycles. The fourth-order valence-electron chi connectivity index (χ4n) is 3.10. The number of hydrogen-bond acceptors (Lipinski definition) is 4. The number of rotatable bonds is 5. The first-order valence-corrected chi connectivity index (χ1v) is 8.84. The SMILES string of the molecule is Cc1ccc(C(C(=O)NCc2ccc3c(c2)OCO3)c2ccccn2)cc1. The molecule has 0 aliphatic carbocycles. The number of ether oxygens (including phenoxy) is 2. The lowest BCUT2D eigenvalue weighted by Crippen LogP contribution is -2.30. The molecule has 136 valence electrons. The number of nitrogens with one attached hydrogen (secondary N) is 1. The van der Waals surface area contributed by atoms with Crippen molar-refractivity contribution in [1.29, 1.82) is 0 Å². The third-order valence-corrected chi connectivity index (χ3v) is 4.56. The molecule has 2 aromatic carbocycles. The molecule has 4 rings (SSSR count). The van der Waals surface area contributed by atoms with E-state index in [1.807, 2.05) is 67.6 Å². The van der Waals surface area contributed by atoms with Gasteiger partial charge in [0.2, 0.25) is 12.7 Å². The first kappa shape index (κ1) is 17.1. The lowest BCUT2D eigenvalue weighted by atomic mass is 9.93. The van der Waals surface area contributed by atoms with E-state index < -0.39 is 5.92 Å². The predicted octanol–water partition coefficient (Wildman–Crippen LogP) is 3.57. The number of amides is 1. The number of carbonyl (C=O) groups is 1. The molecule has 1 aliphatic rings. The van der Waals surface area contributed by atoms with Crippen LogP contribution in [0.3, 0.4) is 0 Å². The zero-order valence-electron chi connectivity index (χ0n) is 15.0. The number of hydrogen-bond donors (Lipinski definition) is 1. The van der Waals surface area contributed by atoms with Crippen LogP contribution in [0.4, 0.5) is 0 Å². The number of fused-ring (bicyclic) bond motifs is 1. The zero-order chi connectivity index (χ0) is 18.6. The molecule has 5 nitrogen and oxygen atoms in total. The topological polar surface area (TPSA) is 60.5 Å². The Labute approximate surface area is 158 Å². The molecular weight excluding hydrogens is 340 g/mol. The summed E-state index contributed by atoms with van der Waals surface area (Å²) in [5.41, 5.74) is 3.75. The van der Waals surface area contributed by atoms with Gasteiger partial charge < -0.3 is 14.8 Å². The fraction of sp³-hybridized carbons (Fsp3) is 0.182. The van der Waals surface area contributed by atoms with Crippen LogP contribution in [0.15, 0.2) is 66.9 Å². The summed E-state index contributed by atoms with van der Waals surface area (Å²) in [7, 11) is 0. The van der Waals surface area contributed by atoms with Crippen LogP contribution in [0.25, 0.3) is 0 Å². The van der Waals surface area contributed by atoms with E-state index in [9.17, 15) is 4.79 Å². The van der Waals surface area contributed by atoms with Crippen LogP contribution in [-0.2, 0) is 11.3 Å². The summed E-state index contributed by atoms with van der Waals surface area (Å²) >= 11 is 0. The normalized spacial score (nSPS) is 13.2. The summed E-state index contributed by atoms with van der Waals surface area (Å²) in [5.74, 6) is 0.897. The van der Waals surface area contributed by atoms with E-state index in [2.05, 4.69) is 10.3 Å². The second-order valence-corrected chi connectivity index (χ2v) is 6.50. The van der Waals surface area contributed by atoms with E-state index >= 15 is 0 Å². The van der Waals surface area contributed by atoms with Crippen molar-refractivity contribution in [2.45, 2.75) is 19.4 Å². The molecule has 0 fully saturated rings. The number of aryl methyl sites for hydroxylation is 1. The molecule has 0 bridgehead atoms. The van der Waals surface area contributed by atoms with Gasteiger partial charge in [0, 0.05) is 12.7 Å². The van der Waals surface area contributed by atoms with Gasteiger partial charge in [-0.15, -0.1) is 0 Å². The highest BCUT2D eigenvalue weighted by atomic mass is 16.7. The molecule has 1 unspecified atom stereocenters. The van der Waals surface area contributed by atoms with E-state index in [-0.39, 0.29) is 12.7 Å². The monoisotopic (exact) mass is 360 g/mol. The van der Waals surface area contributed by atoms with Crippen LogP contribution in [-0.4, -0.2) is 17.7 Å². The van der Waals surface area contributed by atoms with Crippen LogP contribution in [0.2, 0.25) is 0 Å². The summed E-state index contributed by atoms with van der Waals surface area (Å²) < 4.78 is 10.7. The fourth-order valence-corrected chi connectivity index (χ4v) is 3.10. The van der Waals surface area contributed by atoms with Gasteiger partial charge in [-0.2, -0.15) is 0 Å². The van der Waals surface area contributed by atoms with Crippen molar-refractivity contribution >= 4 is 5.91 Å². The Morgan fingerprint density at radius 3 is 2.67 bits per heavy atom. The van der Waals surface area contributed by atoms with Crippen molar-refractivity contribution in [2.24, 2.45) is 0 Å². The van der Waals surface area contributed by atoms with Crippen LogP contribution in [0, 0.1) is 6.92 Å². The lowest BCUT2D eigenvalue weighted by molar-refractivity contribution is -0.121. The average Bonchev–Trinajstić information content (AvgIpc) is 3.17. The number of pyridine rings is 1. The average molecular weight is 360 g/mol. The van der Waals surface area contributed by atoms with Gasteiger partial charge in [-0.1, -0.05) is 42.0 Å². The third-order valence-electron chi connectivity index (χ3n) is 4.56. The molecule has 27 heavy (non-hydrogen) atoms. The summed E-state index contributed by atoms with van der Waals surface area (Å²) in [6.45, 7) is 2.67. The Balaban J connectivity index is 1.54. The number of carbonyl (C=O) groups excluding carboxylic acids is 1. The molecule has 0 spiro atoms. The van der Waals surface area contributed by atoms with E-state index in [4.69, 9.17) is 9.47 Å². The highest BCUT2D eigenvalue weighted by molar-refractivity contribution is 5.86. The van der Waals surface area contributed by atoms with Gasteiger partial charge in [-0.25, -0.2) is 0 Å². The quantitative estimate of drug-likeness (QED) is 0.756. The molecule has 1 aromatic heterocycles. The second kappa shape index (κ2) is 7.50. The van der Waals surface area contributed by atoms with Gasteiger partial charge in [0.15, 0.2) is 11.5 Å². The number of nitrogens with zero attached hydrogens (tertiary/aromatic N) is 1. The summed E-state index contributed by atoms with van der Waals surface area (Å²) in [4.78, 5) is 17.4. The molecule has 5 heteroatoms. The third kappa shape index (κ3) is 3.77. The second-order valence-electron chi connectivity index (χ2n) is 6.50. The first-order valence-electron chi connectivity index (χ1n) is 8.84. The highest BCUT2D eigenvalue weighted by Gasteiger charge is 2.24. The predicted molar refractivity (Wildman–Crippen MR) is 102 cm³/mol. The van der Waals surface area contributed by atoms with Crippen LogP contribution < -0.4 is 14.8 Å². The van der Waals surface area contributed by atoms with Crippen molar-refractivity contribution in [1.82, 2.24) is 10.3 Å². The zero-order valence-corrected chi connectivity index (χ0v) is 15.0. The molecule has 1 amide bonds. The lowest BCUT2D eigenvalue weighted by Gasteiger charge is -2.17. The van der Waals surface area contributed by atoms with Gasteiger partial charge >= 0.3 is 0 Å². The molecule has 2 heterocycles. The summed E-state index contributed by atoms with van der Waals surface area (Å²) in [6, 6.07) is 19.3. The first-order chi connectivity index (χ1) is 13.2. The van der Waals surface area contributed by atoms with Gasteiger partial charge in [0.25, 0.3) is 0 Å². The Morgan fingerprint density at radius 2 is 1.89 bits per heavy atom. The minimum absolute atomic E-state index is 0.0878. The standard InChI is InChI=1S/C22H20N2O3/c1-15-5-8-17(9-6-15)21(18-4-2-3-11-23-18)22(25)24-13-16-7-10-19-20(12-16)27-14-26-19/h2-12,21H,13-14H2,1H3,(H,24,25). The molecular formula is C22H20N2O3. The smallest absolute Gasteiger partial charge is 0.233 e. The number of benzene rings is 2. The van der Waals surface area contributed by atoms with Gasteiger partial charge in [0.05, 0.1) is 5.69 Å². The molecule has 1 aliphatic heterocycles. The maximum absolute atomic E-state index is 13.0. The van der Waals surface area contributed by atoms with E-state index in [1.165, 1.54) is 0 Å². The minimum atomic E-state index is -0.458. The Kier molecular flexibility index (Phi) is 4.75. The highest BCUT2D eigenvalue weighted by Crippen LogP contribution is 2.32. The van der Waals surface area contributed by atoms with E-state index in [0.29, 0.717) is 12.3 Å². The molecule has 0 saturated carbocycles. The Bertz CT molecular complexity index is 940. The van der Waals surface area contributed by atoms with Gasteiger partial charge in [0.1, 0.15) is 5.92 Å². The largest absolute Gasteiger partial charge is 0.454 e. The summed E-state index contributed by atoms with van der Waals surface area (Å²) in [5, 5.41) is 3.03. The van der Waals surface area contributed by atoms with Crippen molar-refractivity contribution in [3.05, 3.63) is 89.2 Å². The molecule has 1 atom stereocenters. The molecule has 0 radical (unpaired) electrons. The molecule has 1 N–H and O–H groups in total. The molecule has 3 aromatic rings. The van der Waals surface area contributed by atoms with Gasteiger partial charge in [-0.05, 0) is 42.3 Å². The summed E-state index contributed by atoms with van der Waals surface area (Å²) in [6.07, 6.45) is 1.71. The Morgan fingerprint density at radius 1 is 1.07 bits per heavy atom. The van der Waals surface area contributed by atoms with Crippen molar-refractivity contribution in [2.75, 3.05) is 6.79 Å². The van der Waals surface area contributed by atoms with E-state index in [0.717, 1.165) is 28.1 Å². The van der Waals surface area contributed by atoms with Crippen molar-refractivity contribution in [3.8, 4) is 11.5 Å². The van der Waals surface area contributed by atoms with Crippen molar-refractivity contribution in [3.63, 3.8) is 0 Å². The van der Waals surface area contributed by atoms with Crippen molar-refractivity contribution < 1.29 is 14.3 Å². The maximum atomic E-state index is 13.0. The minimum Gasteiger partial charge on any atom is -0.454 e. The van der Waals surface area contributed by atoms with E-state index in [1.54, 1.807) is 6.20 Å². The van der Waals surface area contributed by atoms with Crippen LogP contribution >= 0.6 is 0 Å². The number of aromatic nitrogens is 1. The van der Waals surface area contributed by atoms with Gasteiger partial charge in [-0.3, -0.25) is 9.78 Å².